The summed E-state index contributed by atoms with van der Waals surface area (Å²) in [6, 6.07) is 13.8. The van der Waals surface area contributed by atoms with E-state index in [1.165, 1.54) is 4.52 Å². The highest BCUT2D eigenvalue weighted by Gasteiger charge is 2.31. The lowest BCUT2D eigenvalue weighted by Gasteiger charge is -2.27. The van der Waals surface area contributed by atoms with E-state index in [-0.39, 0.29) is 36.4 Å². The van der Waals surface area contributed by atoms with Crippen LogP contribution in [0.25, 0.3) is 33.8 Å². The standard InChI is InChI=1S/C26H25F2N5OS3/c1-3-34-17(2)23-24(19-11-13-35-14-12-19)31-25-21(16-30-32(25)26(23)33(36-27)37-28)20-9-10-22(29-15-20)18-7-5-4-6-8-18/h4-10,15-16,19H,2-3,11-14H2,1H3. The van der Waals surface area contributed by atoms with E-state index in [2.05, 4.69) is 16.7 Å². The van der Waals surface area contributed by atoms with Crippen LogP contribution < -0.4 is 3.71 Å². The molecule has 1 aliphatic heterocycles. The van der Waals surface area contributed by atoms with Gasteiger partial charge in [-0.05, 0) is 37.3 Å². The molecular weight excluding hydrogens is 533 g/mol. The Balaban J connectivity index is 1.70. The van der Waals surface area contributed by atoms with Crippen LogP contribution in [0.15, 0.2) is 61.4 Å². The third-order valence-electron chi connectivity index (χ3n) is 6.30. The van der Waals surface area contributed by atoms with E-state index in [0.29, 0.717) is 23.6 Å². The Morgan fingerprint density at radius 1 is 1.11 bits per heavy atom. The summed E-state index contributed by atoms with van der Waals surface area (Å²) in [5, 5.41) is 4.51. The van der Waals surface area contributed by atoms with Gasteiger partial charge in [-0.1, -0.05) is 43.0 Å². The first-order valence-corrected chi connectivity index (χ1v) is 14.4. The number of thioether (sulfide) groups is 1. The molecule has 6 nitrogen and oxygen atoms in total. The summed E-state index contributed by atoms with van der Waals surface area (Å²) < 4.78 is 36.1. The third kappa shape index (κ3) is 5.17. The lowest BCUT2D eigenvalue weighted by atomic mass is 9.94. The number of anilines is 1. The topological polar surface area (TPSA) is 55.6 Å². The second-order valence-corrected chi connectivity index (χ2v) is 10.9. The molecule has 1 fully saturated rings. The van der Waals surface area contributed by atoms with Crippen LogP contribution in [0, 0.1) is 0 Å². The highest BCUT2D eigenvalue weighted by atomic mass is 32.3. The molecule has 192 valence electrons. The zero-order valence-electron chi connectivity index (χ0n) is 20.1. The van der Waals surface area contributed by atoms with Gasteiger partial charge in [-0.15, -0.1) is 7.77 Å². The molecule has 0 unspecified atom stereocenters. The quantitative estimate of drug-likeness (QED) is 0.152. The van der Waals surface area contributed by atoms with Gasteiger partial charge in [-0.2, -0.15) is 25.1 Å². The first-order valence-electron chi connectivity index (χ1n) is 11.9. The van der Waals surface area contributed by atoms with Gasteiger partial charge < -0.3 is 4.74 Å². The SMILES string of the molecule is C=C(OCC)c1c(C2CCSCC2)nc2c(-c3ccc(-c4ccccc4)nc3)cnn2c1N(SF)SF. The van der Waals surface area contributed by atoms with Crippen LogP contribution in [0.2, 0.25) is 0 Å². The molecular formula is C26H25F2N5OS3. The monoisotopic (exact) mass is 557 g/mol. The summed E-state index contributed by atoms with van der Waals surface area (Å²) in [6.45, 7) is 6.29. The van der Waals surface area contributed by atoms with Gasteiger partial charge >= 0.3 is 0 Å². The first-order chi connectivity index (χ1) is 18.2. The Hall–Kier alpha value is -2.76. The smallest absolute Gasteiger partial charge is 0.180 e. The number of aromatic nitrogens is 4. The zero-order valence-corrected chi connectivity index (χ0v) is 22.6. The van der Waals surface area contributed by atoms with Gasteiger partial charge in [0.1, 0.15) is 5.76 Å². The number of benzene rings is 1. The number of rotatable bonds is 9. The van der Waals surface area contributed by atoms with E-state index in [4.69, 9.17) is 9.72 Å². The molecule has 0 radical (unpaired) electrons. The normalized spacial score (nSPS) is 14.1. The molecule has 0 N–H and O–H groups in total. The first kappa shape index (κ1) is 25.9. The fraction of sp³-hybridized carbons (Fsp3) is 0.269. The average molecular weight is 558 g/mol. The van der Waals surface area contributed by atoms with Gasteiger partial charge in [-0.25, -0.2) is 4.98 Å². The van der Waals surface area contributed by atoms with Crippen LogP contribution in [0.1, 0.15) is 36.9 Å². The van der Waals surface area contributed by atoms with Crippen LogP contribution in [0.3, 0.4) is 0 Å². The molecule has 0 saturated carbocycles. The van der Waals surface area contributed by atoms with Crippen LogP contribution in [0.5, 0.6) is 0 Å². The van der Waals surface area contributed by atoms with Crippen molar-refractivity contribution in [3.63, 3.8) is 0 Å². The van der Waals surface area contributed by atoms with E-state index < -0.39 is 0 Å². The molecule has 1 aromatic carbocycles. The van der Waals surface area contributed by atoms with Crippen molar-refractivity contribution < 1.29 is 12.5 Å². The van der Waals surface area contributed by atoms with Crippen molar-refractivity contribution in [1.82, 2.24) is 19.6 Å². The Labute approximate surface area is 227 Å². The van der Waals surface area contributed by atoms with E-state index in [9.17, 15) is 7.77 Å². The summed E-state index contributed by atoms with van der Waals surface area (Å²) >= 11 is 1.43. The number of fused-ring (bicyclic) bond motifs is 1. The van der Waals surface area contributed by atoms with Crippen molar-refractivity contribution in [2.75, 3.05) is 21.8 Å². The van der Waals surface area contributed by atoms with Crippen LogP contribution in [-0.2, 0) is 4.74 Å². The molecule has 3 aromatic heterocycles. The molecule has 1 aliphatic rings. The second-order valence-electron chi connectivity index (χ2n) is 8.43. The predicted octanol–water partition coefficient (Wildman–Crippen LogP) is 7.95. The van der Waals surface area contributed by atoms with E-state index in [1.807, 2.05) is 61.2 Å². The summed E-state index contributed by atoms with van der Waals surface area (Å²) in [6.07, 6.45) is 5.24. The molecule has 5 rings (SSSR count). The van der Waals surface area contributed by atoms with Gasteiger partial charge in [0.05, 0.1) is 29.8 Å². The molecule has 0 aliphatic carbocycles. The lowest BCUT2D eigenvalue weighted by Crippen LogP contribution is -2.18. The largest absolute Gasteiger partial charge is 0.494 e. The Bertz CT molecular complexity index is 1370. The molecule has 0 spiro atoms. The summed E-state index contributed by atoms with van der Waals surface area (Å²) in [5.41, 5.74) is 5.10. The number of halogens is 2. The molecule has 1 saturated heterocycles. The van der Waals surface area contributed by atoms with Gasteiger partial charge in [0.25, 0.3) is 0 Å². The van der Waals surface area contributed by atoms with Gasteiger partial charge in [0.2, 0.25) is 0 Å². The highest BCUT2D eigenvalue weighted by Crippen LogP contribution is 2.44. The number of hydrogen-bond donors (Lipinski definition) is 0. The van der Waals surface area contributed by atoms with E-state index >= 15 is 0 Å². The van der Waals surface area contributed by atoms with Crippen molar-refractivity contribution in [3.05, 3.63) is 72.7 Å². The lowest BCUT2D eigenvalue weighted by molar-refractivity contribution is 0.298. The second kappa shape index (κ2) is 11.7. The third-order valence-corrected chi connectivity index (χ3v) is 8.28. The summed E-state index contributed by atoms with van der Waals surface area (Å²) in [7, 11) is 0. The van der Waals surface area contributed by atoms with Crippen LogP contribution in [0.4, 0.5) is 13.6 Å². The van der Waals surface area contributed by atoms with E-state index in [0.717, 1.165) is 56.1 Å². The van der Waals surface area contributed by atoms with Gasteiger partial charge in [0.15, 0.2) is 36.1 Å². The molecule has 4 aromatic rings. The minimum absolute atomic E-state index is 0.106. The maximum Gasteiger partial charge on any atom is 0.180 e. The van der Waals surface area contributed by atoms with Crippen LogP contribution >= 0.6 is 36.4 Å². The van der Waals surface area contributed by atoms with Gasteiger partial charge in [0, 0.05) is 28.8 Å². The minimum Gasteiger partial charge on any atom is -0.494 e. The summed E-state index contributed by atoms with van der Waals surface area (Å²) in [5.74, 6) is 2.60. The number of pyridine rings is 1. The highest BCUT2D eigenvalue weighted by molar-refractivity contribution is 8.13. The van der Waals surface area contributed by atoms with Crippen molar-refractivity contribution in [2.24, 2.45) is 0 Å². The maximum atomic E-state index is 14.0. The van der Waals surface area contributed by atoms with Crippen molar-refractivity contribution in [3.8, 4) is 22.4 Å². The molecule has 11 heteroatoms. The zero-order chi connectivity index (χ0) is 25.8. The van der Waals surface area contributed by atoms with Crippen LogP contribution in [-0.4, -0.2) is 37.7 Å². The summed E-state index contributed by atoms with van der Waals surface area (Å²) in [4.78, 5) is 9.71. The molecule has 0 bridgehead atoms. The van der Waals surface area contributed by atoms with Gasteiger partial charge in [-0.3, -0.25) is 4.98 Å². The Morgan fingerprint density at radius 3 is 2.51 bits per heavy atom. The van der Waals surface area contributed by atoms with Crippen molar-refractivity contribution >= 4 is 53.7 Å². The fourth-order valence-corrected chi connectivity index (χ4v) is 6.22. The minimum atomic E-state index is -0.233. The maximum absolute atomic E-state index is 14.0. The van der Waals surface area contributed by atoms with Crippen molar-refractivity contribution in [1.29, 1.82) is 0 Å². The molecule has 37 heavy (non-hydrogen) atoms. The average Bonchev–Trinajstić information content (AvgIpc) is 3.38. The molecule has 4 heterocycles. The molecule has 0 atom stereocenters. The Kier molecular flexibility index (Phi) is 8.21. The fourth-order valence-electron chi connectivity index (χ4n) is 4.56. The Morgan fingerprint density at radius 2 is 1.86 bits per heavy atom. The van der Waals surface area contributed by atoms with E-state index in [1.54, 1.807) is 12.4 Å². The number of hydrogen-bond acceptors (Lipinski definition) is 8. The molecule has 0 amide bonds. The van der Waals surface area contributed by atoms with Crippen molar-refractivity contribution in [2.45, 2.75) is 25.7 Å². The predicted molar refractivity (Wildman–Crippen MR) is 151 cm³/mol. The number of ether oxygens (including phenoxy) is 1. The number of nitrogens with zero attached hydrogens (tertiary/aromatic N) is 5.